The van der Waals surface area contributed by atoms with E-state index in [-0.39, 0.29) is 24.0 Å². The second-order valence-electron chi connectivity index (χ2n) is 6.91. The number of benzene rings is 1. The highest BCUT2D eigenvalue weighted by molar-refractivity contribution is 14.0. The first-order valence-corrected chi connectivity index (χ1v) is 9.95. The van der Waals surface area contributed by atoms with E-state index < -0.39 is 0 Å². The molecule has 0 aromatic heterocycles. The molecule has 162 valence electrons. The third-order valence-corrected chi connectivity index (χ3v) is 4.57. The van der Waals surface area contributed by atoms with Crippen LogP contribution < -0.4 is 20.1 Å². The Labute approximate surface area is 188 Å². The number of methoxy groups -OCH3 is 2. The van der Waals surface area contributed by atoms with E-state index in [1.165, 1.54) is 12.0 Å². The molecular formula is C21H39IN4O2. The molecule has 0 radical (unpaired) electrons. The fourth-order valence-electron chi connectivity index (χ4n) is 2.63. The lowest BCUT2D eigenvalue weighted by Gasteiger charge is -2.20. The van der Waals surface area contributed by atoms with Crippen molar-refractivity contribution in [3.63, 3.8) is 0 Å². The molecule has 1 rings (SSSR count). The number of hydrogen-bond donors (Lipinski definition) is 2. The van der Waals surface area contributed by atoms with Gasteiger partial charge in [0.1, 0.15) is 0 Å². The van der Waals surface area contributed by atoms with Gasteiger partial charge in [0.05, 0.1) is 14.2 Å². The minimum atomic E-state index is 0. The van der Waals surface area contributed by atoms with Crippen molar-refractivity contribution >= 4 is 29.9 Å². The van der Waals surface area contributed by atoms with E-state index in [0.29, 0.717) is 6.04 Å². The molecule has 7 heteroatoms. The molecule has 0 unspecified atom stereocenters. The second kappa shape index (κ2) is 15.7. The maximum atomic E-state index is 5.37. The number of aliphatic imine (C=N–C) groups is 1. The zero-order valence-corrected chi connectivity index (χ0v) is 20.7. The Morgan fingerprint density at radius 1 is 1.11 bits per heavy atom. The Bertz CT molecular complexity index is 567. The van der Waals surface area contributed by atoms with Crippen LogP contribution in [0.25, 0.3) is 0 Å². The smallest absolute Gasteiger partial charge is 0.191 e. The number of nitrogens with one attached hydrogen (secondary N) is 2. The molecule has 0 atom stereocenters. The van der Waals surface area contributed by atoms with Crippen LogP contribution in [0.2, 0.25) is 0 Å². The van der Waals surface area contributed by atoms with Crippen molar-refractivity contribution in [1.82, 2.24) is 15.5 Å². The normalized spacial score (nSPS) is 11.4. The highest BCUT2D eigenvalue weighted by atomic mass is 127. The average Bonchev–Trinajstić information content (AvgIpc) is 2.67. The topological polar surface area (TPSA) is 58.1 Å². The Balaban J connectivity index is 0.00000729. The first-order chi connectivity index (χ1) is 13.0. The summed E-state index contributed by atoms with van der Waals surface area (Å²) in [5, 5.41) is 6.72. The molecule has 0 aliphatic rings. The lowest BCUT2D eigenvalue weighted by molar-refractivity contribution is 0.269. The maximum absolute atomic E-state index is 5.37. The van der Waals surface area contributed by atoms with Gasteiger partial charge in [-0.25, -0.2) is 0 Å². The molecule has 0 saturated carbocycles. The summed E-state index contributed by atoms with van der Waals surface area (Å²) >= 11 is 0. The third-order valence-electron chi connectivity index (χ3n) is 4.57. The van der Waals surface area contributed by atoms with Crippen molar-refractivity contribution in [3.8, 4) is 11.5 Å². The Kier molecular flexibility index (Phi) is 15.0. The third kappa shape index (κ3) is 10.4. The van der Waals surface area contributed by atoms with E-state index >= 15 is 0 Å². The summed E-state index contributed by atoms with van der Waals surface area (Å²) in [6.07, 6.45) is 3.16. The van der Waals surface area contributed by atoms with Gasteiger partial charge in [0.25, 0.3) is 0 Å². The highest BCUT2D eigenvalue weighted by Crippen LogP contribution is 2.27. The molecule has 28 heavy (non-hydrogen) atoms. The SMILES string of the molecule is CCNC(=NCCCCN(C)C(C)C)NCCc1ccc(OC)c(OC)c1.I. The largest absolute Gasteiger partial charge is 0.493 e. The number of ether oxygens (including phenoxy) is 2. The first-order valence-electron chi connectivity index (χ1n) is 9.95. The van der Waals surface area contributed by atoms with E-state index in [2.05, 4.69) is 54.4 Å². The van der Waals surface area contributed by atoms with Gasteiger partial charge in [-0.15, -0.1) is 24.0 Å². The van der Waals surface area contributed by atoms with Gasteiger partial charge < -0.3 is 25.0 Å². The number of hydrogen-bond acceptors (Lipinski definition) is 4. The van der Waals surface area contributed by atoms with E-state index in [1.54, 1.807) is 14.2 Å². The highest BCUT2D eigenvalue weighted by Gasteiger charge is 2.05. The van der Waals surface area contributed by atoms with Crippen LogP contribution in [0.3, 0.4) is 0 Å². The van der Waals surface area contributed by atoms with Gasteiger partial charge in [-0.2, -0.15) is 0 Å². The number of unbranched alkanes of at least 4 members (excludes halogenated alkanes) is 1. The molecule has 1 aromatic rings. The quantitative estimate of drug-likeness (QED) is 0.197. The summed E-state index contributed by atoms with van der Waals surface area (Å²) in [5.41, 5.74) is 1.20. The molecule has 0 aliphatic heterocycles. The summed E-state index contributed by atoms with van der Waals surface area (Å²) in [6.45, 7) is 10.2. The lowest BCUT2D eigenvalue weighted by Crippen LogP contribution is -2.38. The maximum Gasteiger partial charge on any atom is 0.191 e. The van der Waals surface area contributed by atoms with E-state index in [9.17, 15) is 0 Å². The molecule has 0 saturated heterocycles. The molecule has 0 heterocycles. The van der Waals surface area contributed by atoms with Crippen molar-refractivity contribution in [2.45, 2.75) is 46.1 Å². The van der Waals surface area contributed by atoms with Gasteiger partial charge in [0.2, 0.25) is 0 Å². The molecule has 0 spiro atoms. The summed E-state index contributed by atoms with van der Waals surface area (Å²) in [4.78, 5) is 7.05. The van der Waals surface area contributed by atoms with E-state index in [1.807, 2.05) is 12.1 Å². The van der Waals surface area contributed by atoms with Gasteiger partial charge in [-0.3, -0.25) is 4.99 Å². The lowest BCUT2D eigenvalue weighted by atomic mass is 10.1. The Morgan fingerprint density at radius 3 is 2.43 bits per heavy atom. The number of rotatable bonds is 12. The van der Waals surface area contributed by atoms with Crippen LogP contribution in [0, 0.1) is 0 Å². The van der Waals surface area contributed by atoms with Crippen LogP contribution in [0.5, 0.6) is 11.5 Å². The number of nitrogens with zero attached hydrogens (tertiary/aromatic N) is 2. The van der Waals surface area contributed by atoms with Crippen LogP contribution in [0.15, 0.2) is 23.2 Å². The molecular weight excluding hydrogens is 467 g/mol. The summed E-state index contributed by atoms with van der Waals surface area (Å²) in [5.74, 6) is 2.41. The summed E-state index contributed by atoms with van der Waals surface area (Å²) in [7, 11) is 5.49. The average molecular weight is 506 g/mol. The fraction of sp³-hybridized carbons (Fsp3) is 0.667. The van der Waals surface area contributed by atoms with Gasteiger partial charge in [0.15, 0.2) is 17.5 Å². The predicted molar refractivity (Wildman–Crippen MR) is 130 cm³/mol. The van der Waals surface area contributed by atoms with Crippen LogP contribution in [-0.4, -0.2) is 64.3 Å². The molecule has 0 aliphatic carbocycles. The Morgan fingerprint density at radius 2 is 1.82 bits per heavy atom. The van der Waals surface area contributed by atoms with Gasteiger partial charge in [-0.05, 0) is 71.3 Å². The van der Waals surface area contributed by atoms with E-state index in [4.69, 9.17) is 9.47 Å². The first kappa shape index (κ1) is 26.8. The summed E-state index contributed by atoms with van der Waals surface area (Å²) in [6, 6.07) is 6.64. The van der Waals surface area contributed by atoms with Crippen molar-refractivity contribution in [3.05, 3.63) is 23.8 Å². The minimum Gasteiger partial charge on any atom is -0.493 e. The summed E-state index contributed by atoms with van der Waals surface area (Å²) < 4.78 is 10.7. The molecule has 0 amide bonds. The minimum absolute atomic E-state index is 0. The fourth-order valence-corrected chi connectivity index (χ4v) is 2.63. The standard InChI is InChI=1S/C21H38N4O2.HI/c1-7-22-21(23-13-8-9-15-25(4)17(2)3)24-14-12-18-10-11-19(26-5)20(16-18)27-6;/h10-11,16-17H,7-9,12-15H2,1-6H3,(H2,22,23,24);1H. The van der Waals surface area contributed by atoms with Crippen molar-refractivity contribution in [2.24, 2.45) is 4.99 Å². The van der Waals surface area contributed by atoms with Crippen LogP contribution >= 0.6 is 24.0 Å². The molecule has 0 bridgehead atoms. The van der Waals surface area contributed by atoms with Crippen molar-refractivity contribution in [1.29, 1.82) is 0 Å². The van der Waals surface area contributed by atoms with E-state index in [0.717, 1.165) is 56.5 Å². The van der Waals surface area contributed by atoms with Crippen LogP contribution in [-0.2, 0) is 6.42 Å². The van der Waals surface area contributed by atoms with Crippen molar-refractivity contribution < 1.29 is 9.47 Å². The Hall–Kier alpha value is -1.22. The van der Waals surface area contributed by atoms with Gasteiger partial charge >= 0.3 is 0 Å². The molecule has 2 N–H and O–H groups in total. The number of halogens is 1. The molecule has 0 fully saturated rings. The monoisotopic (exact) mass is 506 g/mol. The van der Waals surface area contributed by atoms with Crippen LogP contribution in [0.4, 0.5) is 0 Å². The van der Waals surface area contributed by atoms with Gasteiger partial charge in [-0.1, -0.05) is 6.07 Å². The zero-order chi connectivity index (χ0) is 20.1. The number of guanidine groups is 1. The molecule has 6 nitrogen and oxygen atoms in total. The van der Waals surface area contributed by atoms with Gasteiger partial charge in [0, 0.05) is 25.7 Å². The molecule has 1 aromatic carbocycles. The van der Waals surface area contributed by atoms with Crippen molar-refractivity contribution in [2.75, 3.05) is 47.4 Å². The van der Waals surface area contributed by atoms with Crippen LogP contribution in [0.1, 0.15) is 39.2 Å². The predicted octanol–water partition coefficient (Wildman–Crippen LogP) is 3.54. The zero-order valence-electron chi connectivity index (χ0n) is 18.4. The second-order valence-corrected chi connectivity index (χ2v) is 6.91.